The SMILES string of the molecule is Cc1nc(-c2ccc(N3CCCCC3)cc2)nc(NCCCN2CCOCC2)c1COC1(C)CCCCCC1. The van der Waals surface area contributed by atoms with E-state index in [9.17, 15) is 0 Å². The molecule has 0 radical (unpaired) electrons. The fourth-order valence-corrected chi connectivity index (χ4v) is 6.22. The first-order chi connectivity index (χ1) is 19.1. The van der Waals surface area contributed by atoms with Crippen LogP contribution in [0.25, 0.3) is 11.4 Å². The van der Waals surface area contributed by atoms with Crippen LogP contribution in [0, 0.1) is 6.92 Å². The van der Waals surface area contributed by atoms with E-state index >= 15 is 0 Å². The molecule has 39 heavy (non-hydrogen) atoms. The molecule has 1 aromatic carbocycles. The van der Waals surface area contributed by atoms with E-state index in [2.05, 4.69) is 53.2 Å². The zero-order chi connectivity index (χ0) is 26.9. The molecule has 2 saturated heterocycles. The van der Waals surface area contributed by atoms with E-state index in [0.29, 0.717) is 6.61 Å². The number of ether oxygens (including phenoxy) is 2. The van der Waals surface area contributed by atoms with Gasteiger partial charge in [0.25, 0.3) is 0 Å². The lowest BCUT2D eigenvalue weighted by Gasteiger charge is -2.29. The third kappa shape index (κ3) is 7.92. The summed E-state index contributed by atoms with van der Waals surface area (Å²) in [7, 11) is 0. The van der Waals surface area contributed by atoms with Crippen molar-refractivity contribution in [1.82, 2.24) is 14.9 Å². The van der Waals surface area contributed by atoms with Gasteiger partial charge < -0.3 is 19.7 Å². The molecule has 0 amide bonds. The number of morpholine rings is 1. The summed E-state index contributed by atoms with van der Waals surface area (Å²) in [5.41, 5.74) is 4.42. The molecule has 3 aliphatic rings. The van der Waals surface area contributed by atoms with Crippen LogP contribution in [0.1, 0.15) is 82.4 Å². The van der Waals surface area contributed by atoms with Crippen LogP contribution in [0.4, 0.5) is 11.5 Å². The largest absolute Gasteiger partial charge is 0.379 e. The van der Waals surface area contributed by atoms with Gasteiger partial charge >= 0.3 is 0 Å². The molecule has 1 aromatic heterocycles. The van der Waals surface area contributed by atoms with Crippen molar-refractivity contribution in [3.05, 3.63) is 35.5 Å². The summed E-state index contributed by atoms with van der Waals surface area (Å²) in [4.78, 5) is 15.1. The lowest BCUT2D eigenvalue weighted by Crippen LogP contribution is -2.37. The Balaban J connectivity index is 1.31. The highest BCUT2D eigenvalue weighted by molar-refractivity contribution is 5.63. The first kappa shape index (κ1) is 28.3. The molecular formula is C32H49N5O2. The van der Waals surface area contributed by atoms with Crippen LogP contribution in [-0.4, -0.2) is 73.0 Å². The molecule has 2 aliphatic heterocycles. The average Bonchev–Trinajstić information content (AvgIpc) is 3.20. The van der Waals surface area contributed by atoms with Crippen molar-refractivity contribution in [3.63, 3.8) is 0 Å². The third-order valence-electron chi connectivity index (χ3n) is 8.83. The summed E-state index contributed by atoms with van der Waals surface area (Å²) in [6.07, 6.45) is 12.4. The molecular weight excluding hydrogens is 486 g/mol. The van der Waals surface area contributed by atoms with Gasteiger partial charge in [-0.1, -0.05) is 25.7 Å². The summed E-state index contributed by atoms with van der Waals surface area (Å²) in [5.74, 6) is 1.72. The molecule has 0 unspecified atom stereocenters. The minimum Gasteiger partial charge on any atom is -0.379 e. The molecule has 1 saturated carbocycles. The summed E-state index contributed by atoms with van der Waals surface area (Å²) >= 11 is 0. The number of nitrogens with one attached hydrogen (secondary N) is 1. The van der Waals surface area contributed by atoms with Gasteiger partial charge in [0, 0.05) is 55.2 Å². The molecule has 7 nitrogen and oxygen atoms in total. The quantitative estimate of drug-likeness (QED) is 0.287. The molecule has 0 spiro atoms. The van der Waals surface area contributed by atoms with Crippen molar-refractivity contribution in [3.8, 4) is 11.4 Å². The highest BCUT2D eigenvalue weighted by Crippen LogP contribution is 2.33. The summed E-state index contributed by atoms with van der Waals surface area (Å²) in [6, 6.07) is 8.84. The van der Waals surface area contributed by atoms with Crippen LogP contribution >= 0.6 is 0 Å². The molecule has 2 aromatic rings. The Morgan fingerprint density at radius 2 is 1.59 bits per heavy atom. The monoisotopic (exact) mass is 535 g/mol. The van der Waals surface area contributed by atoms with Crippen LogP contribution in [0.15, 0.2) is 24.3 Å². The molecule has 1 aliphatic carbocycles. The fourth-order valence-electron chi connectivity index (χ4n) is 6.22. The van der Waals surface area contributed by atoms with Crippen LogP contribution in [-0.2, 0) is 16.1 Å². The highest BCUT2D eigenvalue weighted by Gasteiger charge is 2.27. The molecule has 1 N–H and O–H groups in total. The van der Waals surface area contributed by atoms with Crippen LogP contribution in [0.2, 0.25) is 0 Å². The van der Waals surface area contributed by atoms with E-state index in [-0.39, 0.29) is 5.60 Å². The molecule has 3 heterocycles. The minimum absolute atomic E-state index is 0.0561. The Labute approximate surface area is 235 Å². The molecule has 3 fully saturated rings. The number of piperidine rings is 1. The fraction of sp³-hybridized carbons (Fsp3) is 0.688. The molecule has 7 heteroatoms. The van der Waals surface area contributed by atoms with Gasteiger partial charge in [0.15, 0.2) is 5.82 Å². The zero-order valence-electron chi connectivity index (χ0n) is 24.3. The van der Waals surface area contributed by atoms with Gasteiger partial charge in [-0.2, -0.15) is 0 Å². The lowest BCUT2D eigenvalue weighted by atomic mass is 9.97. The Morgan fingerprint density at radius 1 is 0.897 bits per heavy atom. The Kier molecular flexibility index (Phi) is 10.1. The normalized spacial score (nSPS) is 20.5. The van der Waals surface area contributed by atoms with Gasteiger partial charge in [-0.15, -0.1) is 0 Å². The summed E-state index contributed by atoms with van der Waals surface area (Å²) in [6.45, 7) is 13.0. The number of hydrogen-bond donors (Lipinski definition) is 1. The van der Waals surface area contributed by atoms with E-state index in [1.54, 1.807) is 0 Å². The van der Waals surface area contributed by atoms with Crippen molar-refractivity contribution in [1.29, 1.82) is 0 Å². The van der Waals surface area contributed by atoms with E-state index in [4.69, 9.17) is 19.4 Å². The predicted octanol–water partition coefficient (Wildman–Crippen LogP) is 6.21. The Morgan fingerprint density at radius 3 is 2.31 bits per heavy atom. The predicted molar refractivity (Wildman–Crippen MR) is 160 cm³/mol. The minimum atomic E-state index is -0.0561. The van der Waals surface area contributed by atoms with Gasteiger partial charge in [-0.3, -0.25) is 4.90 Å². The third-order valence-corrected chi connectivity index (χ3v) is 8.83. The van der Waals surface area contributed by atoms with Gasteiger partial charge in [0.2, 0.25) is 0 Å². The number of hydrogen-bond acceptors (Lipinski definition) is 7. The van der Waals surface area contributed by atoms with Crippen LogP contribution < -0.4 is 10.2 Å². The van der Waals surface area contributed by atoms with Crippen molar-refractivity contribution in [2.24, 2.45) is 0 Å². The van der Waals surface area contributed by atoms with E-state index in [1.807, 2.05) is 0 Å². The van der Waals surface area contributed by atoms with Gasteiger partial charge in [0.1, 0.15) is 5.82 Å². The van der Waals surface area contributed by atoms with E-state index < -0.39 is 0 Å². The lowest BCUT2D eigenvalue weighted by molar-refractivity contribution is -0.0533. The smallest absolute Gasteiger partial charge is 0.161 e. The highest BCUT2D eigenvalue weighted by atomic mass is 16.5. The molecule has 0 atom stereocenters. The standard InChI is InChI=1S/C32H49N5O2/c1-26-29(25-39-32(2)15-6-3-4-7-16-32)31(33-17-10-18-36-21-23-38-24-22-36)35-30(34-26)27-11-13-28(14-12-27)37-19-8-5-9-20-37/h11-14H,3-10,15-25H2,1-2H3,(H,33,34,35). The van der Waals surface area contributed by atoms with E-state index in [0.717, 1.165) is 100 Å². The number of benzene rings is 1. The molecule has 0 bridgehead atoms. The first-order valence-electron chi connectivity index (χ1n) is 15.5. The number of nitrogens with zero attached hydrogens (tertiary/aromatic N) is 4. The van der Waals surface area contributed by atoms with Crippen LogP contribution in [0.3, 0.4) is 0 Å². The Hall–Kier alpha value is -2.22. The second-order valence-corrected chi connectivity index (χ2v) is 11.9. The molecule has 214 valence electrons. The average molecular weight is 536 g/mol. The van der Waals surface area contributed by atoms with Gasteiger partial charge in [-0.25, -0.2) is 9.97 Å². The van der Waals surface area contributed by atoms with Crippen molar-refractivity contribution in [2.75, 3.05) is 62.7 Å². The summed E-state index contributed by atoms with van der Waals surface area (Å²) < 4.78 is 12.1. The second kappa shape index (κ2) is 13.9. The van der Waals surface area contributed by atoms with Crippen molar-refractivity contribution < 1.29 is 9.47 Å². The van der Waals surface area contributed by atoms with Crippen LogP contribution in [0.5, 0.6) is 0 Å². The Bertz CT molecular complexity index is 1020. The number of rotatable bonds is 10. The maximum Gasteiger partial charge on any atom is 0.161 e. The van der Waals surface area contributed by atoms with Gasteiger partial charge in [0.05, 0.1) is 25.4 Å². The van der Waals surface area contributed by atoms with Gasteiger partial charge in [-0.05, 0) is 83.2 Å². The summed E-state index contributed by atoms with van der Waals surface area (Å²) in [5, 5.41) is 3.68. The van der Waals surface area contributed by atoms with Crippen molar-refractivity contribution >= 4 is 11.5 Å². The number of anilines is 2. The van der Waals surface area contributed by atoms with E-state index in [1.165, 1.54) is 50.6 Å². The zero-order valence-corrected chi connectivity index (χ0v) is 24.3. The number of aryl methyl sites for hydroxylation is 1. The first-order valence-corrected chi connectivity index (χ1v) is 15.5. The molecule has 5 rings (SSSR count). The maximum absolute atomic E-state index is 6.64. The second-order valence-electron chi connectivity index (χ2n) is 11.9. The topological polar surface area (TPSA) is 62.8 Å². The van der Waals surface area contributed by atoms with Crippen molar-refractivity contribution in [2.45, 2.75) is 90.3 Å². The number of aromatic nitrogens is 2. The maximum atomic E-state index is 6.64.